The highest BCUT2D eigenvalue weighted by Crippen LogP contribution is 2.25. The number of benzene rings is 1. The van der Waals surface area contributed by atoms with E-state index in [9.17, 15) is 17.6 Å². The van der Waals surface area contributed by atoms with E-state index in [1.165, 1.54) is 29.2 Å². The number of halogens is 1. The Morgan fingerprint density at radius 1 is 1.40 bits per heavy atom. The fourth-order valence-electron chi connectivity index (χ4n) is 2.24. The molecule has 0 aromatic heterocycles. The Labute approximate surface area is 117 Å². The van der Waals surface area contributed by atoms with Gasteiger partial charge in [-0.25, -0.2) is 17.6 Å². The predicted octanol–water partition coefficient (Wildman–Crippen LogP) is 1.98. The molecule has 1 aromatic carbocycles. The van der Waals surface area contributed by atoms with Gasteiger partial charge in [-0.2, -0.15) is 0 Å². The van der Waals surface area contributed by atoms with Crippen molar-refractivity contribution in [1.82, 2.24) is 0 Å². The van der Waals surface area contributed by atoms with E-state index in [0.717, 1.165) is 0 Å². The van der Waals surface area contributed by atoms with E-state index in [2.05, 4.69) is 0 Å². The van der Waals surface area contributed by atoms with Crippen LogP contribution in [0.1, 0.15) is 13.3 Å². The second kappa shape index (κ2) is 5.78. The number of amides is 1. The van der Waals surface area contributed by atoms with Crippen molar-refractivity contribution in [1.29, 1.82) is 0 Å². The minimum atomic E-state index is -3.13. The lowest BCUT2D eigenvalue weighted by molar-refractivity contribution is 0.157. The molecule has 1 saturated heterocycles. The summed E-state index contributed by atoms with van der Waals surface area (Å²) in [6, 6.07) is 4.87. The summed E-state index contributed by atoms with van der Waals surface area (Å²) in [5.74, 6) is -0.464. The molecule has 1 amide bonds. The molecule has 1 aliphatic heterocycles. The van der Waals surface area contributed by atoms with Crippen LogP contribution in [-0.4, -0.2) is 38.7 Å². The van der Waals surface area contributed by atoms with Crippen molar-refractivity contribution in [2.24, 2.45) is 0 Å². The van der Waals surface area contributed by atoms with Crippen molar-refractivity contribution in [2.45, 2.75) is 19.4 Å². The molecule has 0 aliphatic carbocycles. The molecule has 1 aliphatic rings. The summed E-state index contributed by atoms with van der Waals surface area (Å²) in [7, 11) is -3.13. The maximum absolute atomic E-state index is 13.0. The third-order valence-electron chi connectivity index (χ3n) is 3.14. The van der Waals surface area contributed by atoms with E-state index in [0.29, 0.717) is 12.1 Å². The molecule has 0 spiro atoms. The molecule has 2 rings (SSSR count). The first-order chi connectivity index (χ1) is 9.43. The number of hydrogen-bond donors (Lipinski definition) is 0. The summed E-state index contributed by atoms with van der Waals surface area (Å²) in [5.41, 5.74) is 0.437. The van der Waals surface area contributed by atoms with Crippen LogP contribution in [-0.2, 0) is 14.6 Å². The molecular formula is C13H16FNO4S. The Morgan fingerprint density at radius 2 is 2.05 bits per heavy atom. The van der Waals surface area contributed by atoms with Crippen molar-refractivity contribution in [3.05, 3.63) is 30.1 Å². The Bertz CT molecular complexity index is 585. The summed E-state index contributed by atoms with van der Waals surface area (Å²) in [6.07, 6.45) is -0.250. The highest BCUT2D eigenvalue weighted by atomic mass is 32.2. The van der Waals surface area contributed by atoms with E-state index in [-0.39, 0.29) is 18.1 Å². The monoisotopic (exact) mass is 301 g/mol. The molecule has 1 heterocycles. The zero-order valence-corrected chi connectivity index (χ0v) is 11.9. The van der Waals surface area contributed by atoms with Crippen LogP contribution in [0, 0.1) is 5.82 Å². The maximum Gasteiger partial charge on any atom is 0.414 e. The van der Waals surface area contributed by atoms with Crippen molar-refractivity contribution in [3.8, 4) is 0 Å². The molecule has 1 aromatic rings. The van der Waals surface area contributed by atoms with Gasteiger partial charge >= 0.3 is 6.09 Å². The maximum atomic E-state index is 13.0. The molecule has 0 saturated carbocycles. The molecule has 20 heavy (non-hydrogen) atoms. The van der Waals surface area contributed by atoms with Gasteiger partial charge in [0.05, 0.1) is 24.2 Å². The number of carbonyl (C=O) groups excluding carboxylic acids is 1. The van der Waals surface area contributed by atoms with Crippen LogP contribution in [0.4, 0.5) is 14.9 Å². The smallest absolute Gasteiger partial charge is 0.414 e. The molecule has 1 unspecified atom stereocenters. The van der Waals surface area contributed by atoms with E-state index < -0.39 is 27.8 Å². The average molecular weight is 301 g/mol. The van der Waals surface area contributed by atoms with Crippen LogP contribution in [0.25, 0.3) is 0 Å². The molecule has 110 valence electrons. The standard InChI is InChI=1S/C13H16FNO4S/c1-2-19-13(16)15(11-5-3-10(14)4-6-11)12-7-8-20(17,18)9-12/h3-6,12H,2,7-9H2,1H3. The van der Waals surface area contributed by atoms with E-state index >= 15 is 0 Å². The van der Waals surface area contributed by atoms with Gasteiger partial charge in [-0.05, 0) is 37.6 Å². The Hall–Kier alpha value is -1.63. The van der Waals surface area contributed by atoms with E-state index in [1.54, 1.807) is 6.92 Å². The molecule has 0 radical (unpaired) electrons. The van der Waals surface area contributed by atoms with Crippen LogP contribution in [0.3, 0.4) is 0 Å². The lowest BCUT2D eigenvalue weighted by Gasteiger charge is -2.27. The average Bonchev–Trinajstić information content (AvgIpc) is 2.73. The van der Waals surface area contributed by atoms with E-state index in [1.807, 2.05) is 0 Å². The minimum absolute atomic E-state index is 0.0504. The Balaban J connectivity index is 2.30. The Kier molecular flexibility index (Phi) is 4.27. The number of rotatable bonds is 3. The molecule has 0 N–H and O–H groups in total. The first-order valence-corrected chi connectivity index (χ1v) is 8.17. The number of ether oxygens (including phenoxy) is 1. The number of nitrogens with zero attached hydrogens (tertiary/aromatic N) is 1. The zero-order valence-electron chi connectivity index (χ0n) is 11.1. The molecular weight excluding hydrogens is 285 g/mol. The summed E-state index contributed by atoms with van der Waals surface area (Å²) >= 11 is 0. The van der Waals surface area contributed by atoms with Gasteiger partial charge in [0.15, 0.2) is 9.84 Å². The van der Waals surface area contributed by atoms with Gasteiger partial charge in [0.25, 0.3) is 0 Å². The highest BCUT2D eigenvalue weighted by Gasteiger charge is 2.36. The largest absolute Gasteiger partial charge is 0.449 e. The number of sulfone groups is 1. The van der Waals surface area contributed by atoms with Gasteiger partial charge in [0.1, 0.15) is 5.82 Å². The minimum Gasteiger partial charge on any atom is -0.449 e. The third kappa shape index (κ3) is 3.27. The molecule has 5 nitrogen and oxygen atoms in total. The van der Waals surface area contributed by atoms with Crippen LogP contribution >= 0.6 is 0 Å². The second-order valence-corrected chi connectivity index (χ2v) is 6.83. The summed E-state index contributed by atoms with van der Waals surface area (Å²) in [5, 5.41) is 0. The fraction of sp³-hybridized carbons (Fsp3) is 0.462. The van der Waals surface area contributed by atoms with Crippen molar-refractivity contribution >= 4 is 21.6 Å². The molecule has 0 bridgehead atoms. The fourth-order valence-corrected chi connectivity index (χ4v) is 3.94. The predicted molar refractivity (Wildman–Crippen MR) is 73.0 cm³/mol. The first-order valence-electron chi connectivity index (χ1n) is 6.35. The summed E-state index contributed by atoms with van der Waals surface area (Å²) in [4.78, 5) is 13.3. The summed E-state index contributed by atoms with van der Waals surface area (Å²) in [6.45, 7) is 1.86. The lowest BCUT2D eigenvalue weighted by atomic mass is 10.2. The normalized spacial score (nSPS) is 20.6. The quantitative estimate of drug-likeness (QED) is 0.856. The van der Waals surface area contributed by atoms with Gasteiger partial charge < -0.3 is 4.74 Å². The SMILES string of the molecule is CCOC(=O)N(c1ccc(F)cc1)C1CCS(=O)(=O)C1. The van der Waals surface area contributed by atoms with Crippen LogP contribution in [0.2, 0.25) is 0 Å². The first kappa shape index (κ1) is 14.8. The van der Waals surface area contributed by atoms with E-state index in [4.69, 9.17) is 4.74 Å². The van der Waals surface area contributed by atoms with Gasteiger partial charge in [-0.1, -0.05) is 0 Å². The van der Waals surface area contributed by atoms with Gasteiger partial charge in [0, 0.05) is 5.69 Å². The van der Waals surface area contributed by atoms with Gasteiger partial charge in [-0.3, -0.25) is 4.90 Å². The zero-order chi connectivity index (χ0) is 14.8. The van der Waals surface area contributed by atoms with Gasteiger partial charge in [0.2, 0.25) is 0 Å². The van der Waals surface area contributed by atoms with Gasteiger partial charge in [-0.15, -0.1) is 0 Å². The molecule has 1 atom stereocenters. The topological polar surface area (TPSA) is 63.7 Å². The second-order valence-electron chi connectivity index (χ2n) is 4.60. The van der Waals surface area contributed by atoms with Crippen molar-refractivity contribution < 1.29 is 22.3 Å². The van der Waals surface area contributed by atoms with Crippen molar-refractivity contribution in [3.63, 3.8) is 0 Å². The van der Waals surface area contributed by atoms with Crippen LogP contribution < -0.4 is 4.90 Å². The highest BCUT2D eigenvalue weighted by molar-refractivity contribution is 7.91. The Morgan fingerprint density at radius 3 is 2.55 bits per heavy atom. The number of carbonyl (C=O) groups is 1. The number of hydrogen-bond acceptors (Lipinski definition) is 4. The molecule has 1 fully saturated rings. The van der Waals surface area contributed by atoms with Crippen molar-refractivity contribution in [2.75, 3.05) is 23.0 Å². The third-order valence-corrected chi connectivity index (χ3v) is 4.89. The van der Waals surface area contributed by atoms with Crippen LogP contribution in [0.5, 0.6) is 0 Å². The lowest BCUT2D eigenvalue weighted by Crippen LogP contribution is -2.41. The number of anilines is 1. The van der Waals surface area contributed by atoms with Crippen LogP contribution in [0.15, 0.2) is 24.3 Å². The molecule has 7 heteroatoms. The summed E-state index contributed by atoms with van der Waals surface area (Å²) < 4.78 is 41.1.